The minimum absolute atomic E-state index is 0.00557. The second-order valence-electron chi connectivity index (χ2n) is 9.78. The summed E-state index contributed by atoms with van der Waals surface area (Å²) in [7, 11) is 4.03. The normalized spacial score (nSPS) is 25.0. The van der Waals surface area contributed by atoms with Gasteiger partial charge in [-0.1, -0.05) is 42.2 Å². The Kier molecular flexibility index (Phi) is 5.50. The number of nitrogens with zero attached hydrogens (tertiary/aromatic N) is 6. The molecule has 1 amide bonds. The van der Waals surface area contributed by atoms with Crippen LogP contribution in [0.3, 0.4) is 0 Å². The zero-order chi connectivity index (χ0) is 23.9. The number of piperidine rings is 1. The first-order valence-corrected chi connectivity index (χ1v) is 12.2. The number of rotatable bonds is 5. The number of likely N-dealkylation sites (N-methyl/N-ethyl adjacent to an activating group) is 1. The number of anilines is 1. The maximum atomic E-state index is 14.0. The van der Waals surface area contributed by atoms with Gasteiger partial charge in [0, 0.05) is 43.4 Å². The van der Waals surface area contributed by atoms with E-state index in [0.29, 0.717) is 19.0 Å². The zero-order valence-corrected chi connectivity index (χ0v) is 20.1. The number of carbonyl (C=O) groups is 1. The number of hydrogen-bond acceptors (Lipinski definition) is 6. The van der Waals surface area contributed by atoms with Crippen LogP contribution in [-0.4, -0.2) is 61.6 Å². The first-order chi connectivity index (χ1) is 17.1. The maximum Gasteiger partial charge on any atom is 0.227 e. The maximum absolute atomic E-state index is 14.0. The van der Waals surface area contributed by atoms with E-state index in [2.05, 4.69) is 63.5 Å². The zero-order valence-electron chi connectivity index (χ0n) is 20.1. The van der Waals surface area contributed by atoms with Gasteiger partial charge >= 0.3 is 0 Å². The SMILES string of the molecule is CN1CC[C@H](C(=O)N2Cc3nc(NCc4ccn(C)n4)ncc3[C@@H]3C#C[C@@H]32)[C@@H](c2ccccc2)C1. The van der Waals surface area contributed by atoms with Crippen molar-refractivity contribution in [1.82, 2.24) is 29.5 Å². The average molecular weight is 468 g/mol. The van der Waals surface area contributed by atoms with Gasteiger partial charge in [0.25, 0.3) is 0 Å². The van der Waals surface area contributed by atoms with Crippen molar-refractivity contribution in [3.63, 3.8) is 0 Å². The fraction of sp³-hybridized carbons (Fsp3) is 0.407. The second-order valence-corrected chi connectivity index (χ2v) is 9.78. The number of likely N-dealkylation sites (tertiary alicyclic amines) is 1. The summed E-state index contributed by atoms with van der Waals surface area (Å²) < 4.78 is 1.77. The molecule has 0 bridgehead atoms. The van der Waals surface area contributed by atoms with Crippen LogP contribution >= 0.6 is 0 Å². The van der Waals surface area contributed by atoms with Gasteiger partial charge in [0.05, 0.1) is 30.4 Å². The molecule has 35 heavy (non-hydrogen) atoms. The molecule has 4 atom stereocenters. The second kappa shape index (κ2) is 8.82. The number of nitrogens with one attached hydrogen (secondary N) is 1. The van der Waals surface area contributed by atoms with Crippen LogP contribution in [0, 0.1) is 17.8 Å². The van der Waals surface area contributed by atoms with Crippen molar-refractivity contribution in [3.8, 4) is 11.8 Å². The predicted octanol–water partition coefficient (Wildman–Crippen LogP) is 2.37. The average Bonchev–Trinajstić information content (AvgIpc) is 3.27. The third-order valence-electron chi connectivity index (χ3n) is 7.43. The Bertz CT molecular complexity index is 1310. The Balaban J connectivity index is 1.24. The summed E-state index contributed by atoms with van der Waals surface area (Å²) in [6.45, 7) is 2.82. The minimum atomic E-state index is -0.0815. The molecule has 6 rings (SSSR count). The third kappa shape index (κ3) is 4.06. The van der Waals surface area contributed by atoms with E-state index in [1.165, 1.54) is 5.56 Å². The number of amides is 1. The lowest BCUT2D eigenvalue weighted by molar-refractivity contribution is -0.140. The van der Waals surface area contributed by atoms with E-state index in [1.54, 1.807) is 4.68 Å². The third-order valence-corrected chi connectivity index (χ3v) is 7.43. The number of carbonyl (C=O) groups excluding carboxylic acids is 1. The van der Waals surface area contributed by atoms with Crippen LogP contribution in [0.1, 0.15) is 40.8 Å². The van der Waals surface area contributed by atoms with E-state index < -0.39 is 0 Å². The summed E-state index contributed by atoms with van der Waals surface area (Å²) >= 11 is 0. The summed E-state index contributed by atoms with van der Waals surface area (Å²) in [6.07, 6.45) is 4.64. The van der Waals surface area contributed by atoms with E-state index in [1.807, 2.05) is 36.5 Å². The molecule has 2 aliphatic heterocycles. The Morgan fingerprint density at radius 1 is 1.17 bits per heavy atom. The van der Waals surface area contributed by atoms with Crippen LogP contribution in [0.2, 0.25) is 0 Å². The number of hydrogen-bond donors (Lipinski definition) is 1. The van der Waals surface area contributed by atoms with E-state index in [-0.39, 0.29) is 29.7 Å². The Labute approximate surface area is 205 Å². The molecule has 0 spiro atoms. The van der Waals surface area contributed by atoms with Gasteiger partial charge in [0.1, 0.15) is 6.04 Å². The molecule has 1 aliphatic carbocycles. The lowest BCUT2D eigenvalue weighted by Gasteiger charge is -2.44. The number of aromatic nitrogens is 4. The van der Waals surface area contributed by atoms with Crippen LogP contribution in [0.15, 0.2) is 48.8 Å². The monoisotopic (exact) mass is 467 g/mol. The number of benzene rings is 1. The van der Waals surface area contributed by atoms with E-state index in [9.17, 15) is 4.79 Å². The first kappa shape index (κ1) is 21.8. The topological polar surface area (TPSA) is 79.2 Å². The lowest BCUT2D eigenvalue weighted by atomic mass is 9.77. The minimum Gasteiger partial charge on any atom is -0.348 e. The first-order valence-electron chi connectivity index (χ1n) is 12.2. The summed E-state index contributed by atoms with van der Waals surface area (Å²) in [5.74, 6) is 7.37. The van der Waals surface area contributed by atoms with Gasteiger partial charge in [-0.15, -0.1) is 0 Å². The molecule has 178 valence electrons. The summed E-state index contributed by atoms with van der Waals surface area (Å²) in [5, 5.41) is 7.66. The van der Waals surface area contributed by atoms with Crippen LogP contribution in [0.25, 0.3) is 0 Å². The molecule has 0 unspecified atom stereocenters. The summed E-state index contributed by atoms with van der Waals surface area (Å²) in [5.41, 5.74) is 4.08. The molecule has 4 heterocycles. The fourth-order valence-corrected chi connectivity index (χ4v) is 5.51. The molecular weight excluding hydrogens is 438 g/mol. The van der Waals surface area contributed by atoms with Crippen LogP contribution in [0.4, 0.5) is 5.95 Å². The van der Waals surface area contributed by atoms with Gasteiger partial charge < -0.3 is 15.1 Å². The van der Waals surface area contributed by atoms with E-state index in [4.69, 9.17) is 4.98 Å². The van der Waals surface area contributed by atoms with Crippen LogP contribution < -0.4 is 5.32 Å². The van der Waals surface area contributed by atoms with Gasteiger partial charge in [0.15, 0.2) is 0 Å². The Hall–Kier alpha value is -3.70. The molecule has 1 N–H and O–H groups in total. The molecule has 8 heteroatoms. The highest BCUT2D eigenvalue weighted by atomic mass is 16.2. The fourth-order valence-electron chi connectivity index (χ4n) is 5.51. The predicted molar refractivity (Wildman–Crippen MR) is 132 cm³/mol. The van der Waals surface area contributed by atoms with Crippen molar-refractivity contribution in [2.24, 2.45) is 13.0 Å². The van der Waals surface area contributed by atoms with Gasteiger partial charge in [-0.25, -0.2) is 9.97 Å². The molecule has 3 aromatic rings. The molecule has 0 radical (unpaired) electrons. The summed E-state index contributed by atoms with van der Waals surface area (Å²) in [6, 6.07) is 12.3. The highest BCUT2D eigenvalue weighted by molar-refractivity contribution is 5.82. The van der Waals surface area contributed by atoms with Crippen LogP contribution in [0.5, 0.6) is 0 Å². The largest absolute Gasteiger partial charge is 0.348 e. The summed E-state index contributed by atoms with van der Waals surface area (Å²) in [4.78, 5) is 27.6. The molecule has 3 aliphatic rings. The standard InChI is InChI=1S/C27H29N7O/c1-32-12-11-21(23(16-32)18-6-4-3-5-7-18)26(35)34-17-24-22(20-8-9-25(20)34)15-29-27(30-24)28-14-19-10-13-33(2)31-19/h3-7,10,13,15,20-21,23,25H,11-12,14,16-17H2,1-2H3,(H,28,29,30)/t20-,21-,23+,25-/m0/s1. The molecule has 8 nitrogen and oxygen atoms in total. The Morgan fingerprint density at radius 2 is 2.03 bits per heavy atom. The molecule has 1 fully saturated rings. The van der Waals surface area contributed by atoms with Crippen molar-refractivity contribution in [2.75, 3.05) is 25.5 Å². The molecule has 1 aromatic carbocycles. The van der Waals surface area contributed by atoms with Gasteiger partial charge in [0.2, 0.25) is 11.9 Å². The van der Waals surface area contributed by atoms with Gasteiger partial charge in [-0.3, -0.25) is 9.48 Å². The smallest absolute Gasteiger partial charge is 0.227 e. The van der Waals surface area contributed by atoms with Crippen LogP contribution in [-0.2, 0) is 24.9 Å². The molecule has 2 aromatic heterocycles. The van der Waals surface area contributed by atoms with Gasteiger partial charge in [-0.2, -0.15) is 5.10 Å². The van der Waals surface area contributed by atoms with Crippen molar-refractivity contribution in [1.29, 1.82) is 0 Å². The highest BCUT2D eigenvalue weighted by Gasteiger charge is 2.45. The number of aryl methyl sites for hydroxylation is 1. The van der Waals surface area contributed by atoms with Crippen molar-refractivity contribution >= 4 is 11.9 Å². The van der Waals surface area contributed by atoms with Crippen molar-refractivity contribution < 1.29 is 4.79 Å². The highest BCUT2D eigenvalue weighted by Crippen LogP contribution is 2.40. The van der Waals surface area contributed by atoms with E-state index in [0.717, 1.165) is 36.5 Å². The Morgan fingerprint density at radius 3 is 2.77 bits per heavy atom. The molecular formula is C27H29N7O. The molecule has 0 saturated carbocycles. The van der Waals surface area contributed by atoms with Gasteiger partial charge in [-0.05, 0) is 31.6 Å². The van der Waals surface area contributed by atoms with Crippen molar-refractivity contribution in [2.45, 2.75) is 37.4 Å². The van der Waals surface area contributed by atoms with Crippen molar-refractivity contribution in [3.05, 3.63) is 71.3 Å². The number of fused-ring (bicyclic) bond motifs is 3. The van der Waals surface area contributed by atoms with E-state index >= 15 is 0 Å². The lowest BCUT2D eigenvalue weighted by Crippen LogP contribution is -2.53. The quantitative estimate of drug-likeness (QED) is 0.581. The molecule has 1 saturated heterocycles.